The van der Waals surface area contributed by atoms with E-state index < -0.39 is 22.1 Å². The monoisotopic (exact) mass is 429 g/mol. The summed E-state index contributed by atoms with van der Waals surface area (Å²) in [5.74, 6) is -0.301. The van der Waals surface area contributed by atoms with Crippen LogP contribution in [-0.2, 0) is 11.4 Å². The lowest BCUT2D eigenvalue weighted by Crippen LogP contribution is -2.53. The normalized spacial score (nSPS) is 14.7. The number of hydrogen-bond acceptors (Lipinski definition) is 11. The van der Waals surface area contributed by atoms with Gasteiger partial charge >= 0.3 is 5.95 Å². The summed E-state index contributed by atoms with van der Waals surface area (Å²) < 4.78 is 1.34. The molecule has 1 unspecified atom stereocenters. The van der Waals surface area contributed by atoms with Gasteiger partial charge in [-0.15, -0.1) is 0 Å². The van der Waals surface area contributed by atoms with Crippen LogP contribution in [0.25, 0.3) is 0 Å². The highest BCUT2D eigenvalue weighted by Crippen LogP contribution is 2.14. The minimum atomic E-state index is -0.935. The molecule has 0 saturated carbocycles. The van der Waals surface area contributed by atoms with Crippen molar-refractivity contribution < 1.29 is 25.3 Å². The molecule has 1 aromatic rings. The van der Waals surface area contributed by atoms with Crippen LogP contribution < -0.4 is 10.8 Å². The Kier molecular flexibility index (Phi) is 9.29. The van der Waals surface area contributed by atoms with E-state index in [9.17, 15) is 20.4 Å². The molecule has 0 radical (unpaired) electrons. The van der Waals surface area contributed by atoms with E-state index in [0.29, 0.717) is 11.4 Å². The fourth-order valence-electron chi connectivity index (χ4n) is 2.42. The van der Waals surface area contributed by atoms with Crippen molar-refractivity contribution in [1.29, 1.82) is 0 Å². The number of nitrogens with one attached hydrogen (secondary N) is 2. The summed E-state index contributed by atoms with van der Waals surface area (Å²) in [6, 6.07) is 0. The average Bonchev–Trinajstić information content (AvgIpc) is 3.16. The van der Waals surface area contributed by atoms with E-state index in [1.165, 1.54) is 17.0 Å². The first-order chi connectivity index (χ1) is 14.0. The second-order valence-electron chi connectivity index (χ2n) is 7.82. The number of aliphatic hydroxyl groups is 1. The van der Waals surface area contributed by atoms with Gasteiger partial charge in [0, 0.05) is 13.0 Å². The number of aryl methyl sites for hydroxylation is 1. The van der Waals surface area contributed by atoms with Crippen molar-refractivity contribution in [2.75, 3.05) is 13.2 Å². The Morgan fingerprint density at radius 3 is 2.53 bits per heavy atom. The topological polar surface area (TPSA) is 180 Å². The molecule has 1 aromatic heterocycles. The van der Waals surface area contributed by atoms with Gasteiger partial charge in [-0.25, -0.2) is 4.57 Å². The van der Waals surface area contributed by atoms with Gasteiger partial charge in [-0.1, -0.05) is 15.3 Å². The Bertz CT molecular complexity index is 760. The fourth-order valence-corrected chi connectivity index (χ4v) is 2.42. The Labute approximate surface area is 174 Å². The van der Waals surface area contributed by atoms with Gasteiger partial charge in [0.25, 0.3) is 0 Å². The molecule has 0 fully saturated rings. The summed E-state index contributed by atoms with van der Waals surface area (Å²) in [7, 11) is 0. The van der Waals surface area contributed by atoms with Crippen LogP contribution in [0, 0.1) is 10.1 Å². The summed E-state index contributed by atoms with van der Waals surface area (Å²) in [6.07, 6.45) is 2.34. The maximum atomic E-state index is 11.0. The van der Waals surface area contributed by atoms with Gasteiger partial charge in [-0.05, 0) is 39.5 Å². The molecule has 0 saturated heterocycles. The summed E-state index contributed by atoms with van der Waals surface area (Å²) in [5, 5.41) is 48.5. The highest BCUT2D eigenvalue weighted by atomic mass is 16.7. The molecule has 5 N–H and O–H groups in total. The minimum Gasteiger partial charge on any atom is -0.411 e. The maximum Gasteiger partial charge on any atom is 0.434 e. The first-order valence-electron chi connectivity index (χ1n) is 9.33. The lowest BCUT2D eigenvalue weighted by Gasteiger charge is -2.31. The predicted octanol–water partition coefficient (Wildman–Crippen LogP) is 0.891. The number of aromatic nitrogens is 2. The van der Waals surface area contributed by atoms with Crippen LogP contribution >= 0.6 is 0 Å². The highest BCUT2D eigenvalue weighted by molar-refractivity contribution is 5.92. The van der Waals surface area contributed by atoms with Gasteiger partial charge < -0.3 is 31.0 Å². The number of nitro groups is 1. The largest absolute Gasteiger partial charge is 0.434 e. The zero-order valence-corrected chi connectivity index (χ0v) is 17.9. The van der Waals surface area contributed by atoms with E-state index in [1.54, 1.807) is 20.8 Å². The zero-order valence-electron chi connectivity index (χ0n) is 17.9. The number of nitrogens with zero attached hydrogens (tertiary/aromatic N) is 5. The van der Waals surface area contributed by atoms with Crippen LogP contribution in [-0.4, -0.2) is 71.8 Å². The molecule has 0 spiro atoms. The molecule has 0 aliphatic carbocycles. The first kappa shape index (κ1) is 25.4. The van der Waals surface area contributed by atoms with E-state index in [2.05, 4.69) is 26.1 Å². The molecular weight excluding hydrogens is 398 g/mol. The van der Waals surface area contributed by atoms with Crippen molar-refractivity contribution in [3.05, 3.63) is 22.5 Å². The smallest absolute Gasteiger partial charge is 0.411 e. The van der Waals surface area contributed by atoms with Crippen LogP contribution in [0.5, 0.6) is 0 Å². The van der Waals surface area contributed by atoms with Gasteiger partial charge in [-0.3, -0.25) is 4.84 Å². The summed E-state index contributed by atoms with van der Waals surface area (Å²) >= 11 is 0. The fraction of sp³-hybridized carbons (Fsp3) is 0.706. The molecule has 30 heavy (non-hydrogen) atoms. The summed E-state index contributed by atoms with van der Waals surface area (Å²) in [6.45, 7) is 8.84. The van der Waals surface area contributed by atoms with Gasteiger partial charge in [0.1, 0.15) is 18.5 Å². The molecule has 0 aromatic carbocycles. The standard InChI is InChI=1S/C17H31N7O6/c1-12(20-26)16(2,3)19-10-13(11-25)30-22-17(4,5)14(21-27)6-8-23-9-7-18-15(23)24(28)29/h7,9,13,19,22,25-27H,6,8,10-11H2,1-5H3. The van der Waals surface area contributed by atoms with E-state index in [-0.39, 0.29) is 32.1 Å². The molecule has 1 atom stereocenters. The second-order valence-corrected chi connectivity index (χ2v) is 7.82. The van der Waals surface area contributed by atoms with E-state index >= 15 is 0 Å². The van der Waals surface area contributed by atoms with Crippen molar-refractivity contribution >= 4 is 17.4 Å². The van der Waals surface area contributed by atoms with Gasteiger partial charge in [0.05, 0.1) is 35.7 Å². The van der Waals surface area contributed by atoms with Crippen molar-refractivity contribution in [2.45, 2.75) is 64.8 Å². The quantitative estimate of drug-likeness (QED) is 0.132. The lowest BCUT2D eigenvalue weighted by molar-refractivity contribution is -0.396. The van der Waals surface area contributed by atoms with Crippen molar-refractivity contribution in [2.24, 2.45) is 10.3 Å². The number of hydrogen-bond donors (Lipinski definition) is 5. The average molecular weight is 429 g/mol. The Morgan fingerprint density at radius 2 is 2.00 bits per heavy atom. The van der Waals surface area contributed by atoms with Gasteiger partial charge in [-0.2, -0.15) is 5.48 Å². The van der Waals surface area contributed by atoms with Gasteiger partial charge in [0.2, 0.25) is 0 Å². The molecule has 1 heterocycles. The highest BCUT2D eigenvalue weighted by Gasteiger charge is 2.29. The predicted molar refractivity (Wildman–Crippen MR) is 109 cm³/mol. The van der Waals surface area contributed by atoms with Crippen LogP contribution in [0.4, 0.5) is 5.95 Å². The number of aliphatic hydroxyl groups excluding tert-OH is 1. The van der Waals surface area contributed by atoms with Crippen molar-refractivity contribution in [1.82, 2.24) is 20.3 Å². The molecule has 0 bridgehead atoms. The third kappa shape index (κ3) is 7.02. The van der Waals surface area contributed by atoms with Crippen LogP contribution in [0.3, 0.4) is 0 Å². The molecule has 0 amide bonds. The second kappa shape index (κ2) is 11.0. The molecule has 13 nitrogen and oxygen atoms in total. The third-order valence-corrected chi connectivity index (χ3v) is 4.80. The maximum absolute atomic E-state index is 11.0. The van der Waals surface area contributed by atoms with Crippen molar-refractivity contribution in [3.8, 4) is 0 Å². The number of hydroxylamine groups is 1. The molecule has 0 aliphatic rings. The Balaban J connectivity index is 2.67. The molecule has 1 rings (SSSR count). The Hall–Kier alpha value is -2.61. The molecule has 170 valence electrons. The Morgan fingerprint density at radius 1 is 1.33 bits per heavy atom. The van der Waals surface area contributed by atoms with Crippen LogP contribution in [0.15, 0.2) is 22.7 Å². The van der Waals surface area contributed by atoms with Crippen LogP contribution in [0.1, 0.15) is 41.0 Å². The molecule has 13 heteroatoms. The number of rotatable bonds is 13. The van der Waals surface area contributed by atoms with Crippen LogP contribution in [0.2, 0.25) is 0 Å². The molecular formula is C17H31N7O6. The summed E-state index contributed by atoms with van der Waals surface area (Å²) in [5.41, 5.74) is 1.99. The number of imidazole rings is 1. The van der Waals surface area contributed by atoms with Gasteiger partial charge in [0.15, 0.2) is 0 Å². The van der Waals surface area contributed by atoms with Crippen molar-refractivity contribution in [3.63, 3.8) is 0 Å². The minimum absolute atomic E-state index is 0.180. The number of oxime groups is 2. The van der Waals surface area contributed by atoms with E-state index in [0.717, 1.165) is 0 Å². The first-order valence-corrected chi connectivity index (χ1v) is 9.33. The summed E-state index contributed by atoms with van der Waals surface area (Å²) in [4.78, 5) is 19.6. The SMILES string of the molecule is CC(=NO)C(C)(C)NCC(CO)ONC(C)(C)C(CCn1ccnc1[N+](=O)[O-])=NO. The third-order valence-electron chi connectivity index (χ3n) is 4.80. The zero-order chi connectivity index (χ0) is 22.9. The van der Waals surface area contributed by atoms with E-state index in [1.807, 2.05) is 13.8 Å². The van der Waals surface area contributed by atoms with E-state index in [4.69, 9.17) is 10.0 Å². The molecule has 0 aliphatic heterocycles. The lowest BCUT2D eigenvalue weighted by atomic mass is 9.97.